The predicted octanol–water partition coefficient (Wildman–Crippen LogP) is 2.15. The number of alkyl halides is 3. The quantitative estimate of drug-likeness (QED) is 0.580. The van der Waals surface area contributed by atoms with E-state index in [1.807, 2.05) is 0 Å². The van der Waals surface area contributed by atoms with Gasteiger partial charge in [-0.2, -0.15) is 13.2 Å². The van der Waals surface area contributed by atoms with E-state index in [2.05, 4.69) is 4.84 Å². The van der Waals surface area contributed by atoms with Gasteiger partial charge < -0.3 is 4.48 Å². The van der Waals surface area contributed by atoms with E-state index in [1.165, 1.54) is 14.1 Å². The van der Waals surface area contributed by atoms with Gasteiger partial charge in [0.15, 0.2) is 6.54 Å². The van der Waals surface area contributed by atoms with Crippen molar-refractivity contribution in [3.63, 3.8) is 0 Å². The van der Waals surface area contributed by atoms with Crippen molar-refractivity contribution in [1.82, 2.24) is 4.84 Å². The van der Waals surface area contributed by atoms with Gasteiger partial charge in [0.05, 0.1) is 26.2 Å². The van der Waals surface area contributed by atoms with Gasteiger partial charge in [-0.3, -0.25) is 0 Å². The summed E-state index contributed by atoms with van der Waals surface area (Å²) in [5.41, 5.74) is -0.518. The van der Waals surface area contributed by atoms with Gasteiger partial charge in [0.1, 0.15) is 0 Å². The van der Waals surface area contributed by atoms with Crippen molar-refractivity contribution in [1.29, 1.82) is 0 Å². The predicted molar refractivity (Wildman–Crippen MR) is 51.0 cm³/mol. The summed E-state index contributed by atoms with van der Waals surface area (Å²) in [6.07, 6.45) is -4.15. The Bertz CT molecular complexity index is 190. The highest BCUT2D eigenvalue weighted by molar-refractivity contribution is 6.13. The minimum absolute atomic E-state index is 0.143. The van der Waals surface area contributed by atoms with Gasteiger partial charge in [-0.05, 0) is 25.6 Å². The van der Waals surface area contributed by atoms with Crippen LogP contribution in [0, 0.1) is 0 Å². The molecule has 0 heterocycles. The molecule has 0 radical (unpaired) electrons. The number of nitrogens with one attached hydrogen (secondary N) is 1. The molecule has 0 fully saturated rings. The maximum Gasteiger partial charge on any atom is 0.438 e. The minimum atomic E-state index is -4.15. The molecule has 1 N–H and O–H groups in total. The SMILES string of the molecule is CC(C)(C[N+](C)(C)CC(F)(F)F)NCl. The van der Waals surface area contributed by atoms with E-state index >= 15 is 0 Å². The number of quaternary nitrogens is 1. The number of hydrogen-bond acceptors (Lipinski definition) is 1. The third kappa shape index (κ3) is 6.45. The van der Waals surface area contributed by atoms with Crippen molar-refractivity contribution >= 4 is 11.8 Å². The van der Waals surface area contributed by atoms with E-state index in [4.69, 9.17) is 11.8 Å². The van der Waals surface area contributed by atoms with E-state index in [9.17, 15) is 13.2 Å². The van der Waals surface area contributed by atoms with Crippen molar-refractivity contribution in [3.05, 3.63) is 0 Å². The summed E-state index contributed by atoms with van der Waals surface area (Å²) >= 11 is 5.43. The molecule has 0 aromatic carbocycles. The zero-order valence-corrected chi connectivity index (χ0v) is 9.63. The summed E-state index contributed by atoms with van der Waals surface area (Å²) in [6.45, 7) is 2.97. The zero-order valence-electron chi connectivity index (χ0n) is 8.87. The molecule has 0 aromatic heterocycles. The Labute approximate surface area is 87.7 Å². The van der Waals surface area contributed by atoms with Crippen LogP contribution in [0.3, 0.4) is 0 Å². The second kappa shape index (κ2) is 4.24. The molecule has 2 nitrogen and oxygen atoms in total. The van der Waals surface area contributed by atoms with Crippen LogP contribution in [0.4, 0.5) is 13.2 Å². The molecule has 0 aliphatic rings. The fraction of sp³-hybridized carbons (Fsp3) is 1.00. The van der Waals surface area contributed by atoms with Crippen molar-refractivity contribution in [3.8, 4) is 0 Å². The summed E-state index contributed by atoms with van der Waals surface area (Å²) < 4.78 is 36.3. The van der Waals surface area contributed by atoms with Crippen LogP contribution in [0.1, 0.15) is 13.8 Å². The Morgan fingerprint density at radius 3 is 1.86 bits per heavy atom. The van der Waals surface area contributed by atoms with Crippen LogP contribution in [0.25, 0.3) is 0 Å². The lowest BCUT2D eigenvalue weighted by Gasteiger charge is -2.36. The van der Waals surface area contributed by atoms with Crippen LogP contribution in [0.2, 0.25) is 0 Å². The highest BCUT2D eigenvalue weighted by Gasteiger charge is 2.39. The molecule has 0 saturated carbocycles. The standard InChI is InChI=1S/C8H17ClF3N2/c1-7(2,13-9)5-14(3,4)6-8(10,11)12/h13H,5-6H2,1-4H3/q+1. The van der Waals surface area contributed by atoms with Gasteiger partial charge in [0.25, 0.3) is 0 Å². The van der Waals surface area contributed by atoms with E-state index in [1.54, 1.807) is 13.8 Å². The van der Waals surface area contributed by atoms with Gasteiger partial charge in [-0.1, -0.05) is 0 Å². The second-order valence-electron chi connectivity index (χ2n) is 4.85. The van der Waals surface area contributed by atoms with Crippen LogP contribution < -0.4 is 4.84 Å². The lowest BCUT2D eigenvalue weighted by atomic mass is 10.1. The molecule has 0 bridgehead atoms. The summed E-state index contributed by atoms with van der Waals surface area (Å²) in [6, 6.07) is 0. The van der Waals surface area contributed by atoms with Crippen molar-refractivity contribution in [2.75, 3.05) is 27.2 Å². The van der Waals surface area contributed by atoms with Gasteiger partial charge >= 0.3 is 6.18 Å². The number of likely N-dealkylation sites (N-methyl/N-ethyl adjacent to an activating group) is 1. The maximum atomic E-state index is 12.2. The Balaban J connectivity index is 4.35. The largest absolute Gasteiger partial charge is 0.438 e. The van der Waals surface area contributed by atoms with E-state index in [0.29, 0.717) is 6.54 Å². The van der Waals surface area contributed by atoms with Gasteiger partial charge in [-0.25, -0.2) is 4.84 Å². The maximum absolute atomic E-state index is 12.2. The first-order valence-electron chi connectivity index (χ1n) is 4.24. The summed E-state index contributed by atoms with van der Waals surface area (Å²) in [5, 5.41) is 0. The summed E-state index contributed by atoms with van der Waals surface area (Å²) in [7, 11) is 3.06. The molecule has 0 aliphatic carbocycles. The van der Waals surface area contributed by atoms with Crippen LogP contribution in [-0.4, -0.2) is 43.4 Å². The summed E-state index contributed by atoms with van der Waals surface area (Å²) in [4.78, 5) is 2.47. The number of halogens is 4. The zero-order chi connectivity index (χ0) is 11.6. The molecule has 0 amide bonds. The average Bonchev–Trinajstić information content (AvgIpc) is 1.78. The average molecular weight is 234 g/mol. The van der Waals surface area contributed by atoms with E-state index in [-0.39, 0.29) is 4.48 Å². The molecule has 0 spiro atoms. The van der Waals surface area contributed by atoms with Crippen molar-refractivity contribution in [2.45, 2.75) is 25.6 Å². The Hall–Kier alpha value is 0. The molecule has 86 valence electrons. The fourth-order valence-corrected chi connectivity index (χ4v) is 1.70. The van der Waals surface area contributed by atoms with Gasteiger partial charge in [0, 0.05) is 0 Å². The van der Waals surface area contributed by atoms with Crippen LogP contribution in [0.15, 0.2) is 0 Å². The molecule has 0 saturated heterocycles. The van der Waals surface area contributed by atoms with Crippen molar-refractivity contribution in [2.24, 2.45) is 0 Å². The lowest BCUT2D eigenvalue weighted by Crippen LogP contribution is -2.56. The van der Waals surface area contributed by atoms with Crippen LogP contribution in [0.5, 0.6) is 0 Å². The van der Waals surface area contributed by atoms with Crippen LogP contribution in [-0.2, 0) is 0 Å². The fourth-order valence-electron chi connectivity index (χ4n) is 1.64. The highest BCUT2D eigenvalue weighted by atomic mass is 35.5. The Morgan fingerprint density at radius 2 is 1.57 bits per heavy atom. The highest BCUT2D eigenvalue weighted by Crippen LogP contribution is 2.21. The third-order valence-electron chi connectivity index (χ3n) is 1.69. The smallest absolute Gasteiger partial charge is 0.319 e. The molecule has 0 unspecified atom stereocenters. The topological polar surface area (TPSA) is 12.0 Å². The number of nitrogens with zero attached hydrogens (tertiary/aromatic N) is 1. The first-order valence-corrected chi connectivity index (χ1v) is 4.62. The molecular formula is C8H17ClF3N2+. The molecule has 0 atom stereocenters. The molecule has 14 heavy (non-hydrogen) atoms. The molecule has 0 aromatic rings. The first kappa shape index (κ1) is 14.0. The third-order valence-corrected chi connectivity index (χ3v) is 2.20. The monoisotopic (exact) mass is 233 g/mol. The normalized spacial score (nSPS) is 14.6. The number of hydrogen-bond donors (Lipinski definition) is 1. The second-order valence-corrected chi connectivity index (χ2v) is 5.03. The van der Waals surface area contributed by atoms with Crippen LogP contribution >= 0.6 is 11.8 Å². The first-order chi connectivity index (χ1) is 5.97. The van der Waals surface area contributed by atoms with E-state index < -0.39 is 18.3 Å². The summed E-state index contributed by atoms with van der Waals surface area (Å²) in [5.74, 6) is 0. The molecule has 0 rings (SSSR count). The lowest BCUT2D eigenvalue weighted by molar-refractivity contribution is -0.903. The number of rotatable bonds is 4. The Morgan fingerprint density at radius 1 is 1.14 bits per heavy atom. The van der Waals surface area contributed by atoms with Crippen molar-refractivity contribution < 1.29 is 17.7 Å². The molecular weight excluding hydrogens is 217 g/mol. The van der Waals surface area contributed by atoms with Gasteiger partial charge in [0.2, 0.25) is 0 Å². The molecule has 0 aliphatic heterocycles. The van der Waals surface area contributed by atoms with E-state index in [0.717, 1.165) is 0 Å². The van der Waals surface area contributed by atoms with Gasteiger partial charge in [-0.15, -0.1) is 0 Å². The molecule has 6 heteroatoms. The minimum Gasteiger partial charge on any atom is -0.319 e. The Kier molecular flexibility index (Phi) is 4.24.